The highest BCUT2D eigenvalue weighted by atomic mass is 16.5. The van der Waals surface area contributed by atoms with Gasteiger partial charge in [-0.2, -0.15) is 0 Å². The standard InChI is InChI=1S/C16H32O3/c1-15(2)16(18)19-14-12-10-8-6-4-3-5-7-9-11-13-17/h15,17H,3-14H2,1-2H3. The van der Waals surface area contributed by atoms with Crippen molar-refractivity contribution in [2.24, 2.45) is 5.92 Å². The summed E-state index contributed by atoms with van der Waals surface area (Å²) in [6.07, 6.45) is 12.0. The van der Waals surface area contributed by atoms with Gasteiger partial charge in [0.25, 0.3) is 0 Å². The van der Waals surface area contributed by atoms with E-state index < -0.39 is 0 Å². The third kappa shape index (κ3) is 13.7. The lowest BCUT2D eigenvalue weighted by molar-refractivity contribution is -0.147. The summed E-state index contributed by atoms with van der Waals surface area (Å²) in [6, 6.07) is 0. The summed E-state index contributed by atoms with van der Waals surface area (Å²) in [5.41, 5.74) is 0. The van der Waals surface area contributed by atoms with Crippen molar-refractivity contribution in [2.75, 3.05) is 13.2 Å². The highest BCUT2D eigenvalue weighted by molar-refractivity contribution is 5.71. The number of rotatable bonds is 13. The second kappa shape index (κ2) is 13.9. The molecule has 3 nitrogen and oxygen atoms in total. The molecule has 0 aliphatic carbocycles. The predicted octanol–water partition coefficient (Wildman–Crippen LogP) is 4.08. The zero-order valence-electron chi connectivity index (χ0n) is 12.8. The predicted molar refractivity (Wildman–Crippen MR) is 79.1 cm³/mol. The van der Waals surface area contributed by atoms with Crippen LogP contribution in [0.5, 0.6) is 0 Å². The van der Waals surface area contributed by atoms with Crippen molar-refractivity contribution in [1.29, 1.82) is 0 Å². The highest BCUT2D eigenvalue weighted by Crippen LogP contribution is 2.10. The van der Waals surface area contributed by atoms with Crippen LogP contribution in [0, 0.1) is 5.92 Å². The molecule has 0 radical (unpaired) electrons. The Bertz CT molecular complexity index is 202. The lowest BCUT2D eigenvalue weighted by Crippen LogP contribution is -2.12. The van der Waals surface area contributed by atoms with Crippen LogP contribution in [0.3, 0.4) is 0 Å². The first-order valence-corrected chi connectivity index (χ1v) is 7.96. The van der Waals surface area contributed by atoms with Crippen molar-refractivity contribution in [3.05, 3.63) is 0 Å². The number of hydrogen-bond acceptors (Lipinski definition) is 3. The van der Waals surface area contributed by atoms with Crippen LogP contribution in [0.25, 0.3) is 0 Å². The molecular weight excluding hydrogens is 240 g/mol. The molecule has 0 aromatic rings. The Balaban J connectivity index is 3.05. The van der Waals surface area contributed by atoms with Gasteiger partial charge >= 0.3 is 5.97 Å². The van der Waals surface area contributed by atoms with E-state index in [2.05, 4.69) is 0 Å². The van der Waals surface area contributed by atoms with Gasteiger partial charge in [0.2, 0.25) is 0 Å². The van der Waals surface area contributed by atoms with Gasteiger partial charge in [-0.05, 0) is 12.8 Å². The fourth-order valence-corrected chi connectivity index (χ4v) is 1.97. The van der Waals surface area contributed by atoms with Gasteiger partial charge in [0.15, 0.2) is 0 Å². The SMILES string of the molecule is CC(C)C(=O)OCCCCCCCCCCCCO. The summed E-state index contributed by atoms with van der Waals surface area (Å²) >= 11 is 0. The van der Waals surface area contributed by atoms with E-state index in [1.54, 1.807) is 0 Å². The monoisotopic (exact) mass is 272 g/mol. The van der Waals surface area contributed by atoms with Crippen LogP contribution < -0.4 is 0 Å². The maximum Gasteiger partial charge on any atom is 0.308 e. The number of unbranched alkanes of at least 4 members (excludes halogenated alkanes) is 9. The molecule has 0 unspecified atom stereocenters. The molecule has 0 heterocycles. The topological polar surface area (TPSA) is 46.5 Å². The Hall–Kier alpha value is -0.570. The molecule has 1 N–H and O–H groups in total. The Morgan fingerprint density at radius 3 is 1.68 bits per heavy atom. The minimum atomic E-state index is -0.0807. The van der Waals surface area contributed by atoms with Crippen molar-refractivity contribution in [2.45, 2.75) is 78.1 Å². The Kier molecular flexibility index (Phi) is 13.4. The van der Waals surface area contributed by atoms with Crippen molar-refractivity contribution in [3.63, 3.8) is 0 Å². The van der Waals surface area contributed by atoms with E-state index in [0.29, 0.717) is 13.2 Å². The molecule has 0 aromatic heterocycles. The fourth-order valence-electron chi connectivity index (χ4n) is 1.97. The molecule has 0 aliphatic rings. The number of ether oxygens (including phenoxy) is 1. The summed E-state index contributed by atoms with van der Waals surface area (Å²) in [4.78, 5) is 11.2. The molecule has 0 rings (SSSR count). The van der Waals surface area contributed by atoms with Gasteiger partial charge in [0, 0.05) is 6.61 Å². The van der Waals surface area contributed by atoms with Gasteiger partial charge in [-0.3, -0.25) is 4.79 Å². The highest BCUT2D eigenvalue weighted by Gasteiger charge is 2.06. The molecule has 0 saturated carbocycles. The van der Waals surface area contributed by atoms with Gasteiger partial charge in [-0.25, -0.2) is 0 Å². The zero-order chi connectivity index (χ0) is 14.3. The molecule has 0 atom stereocenters. The maximum absolute atomic E-state index is 11.2. The summed E-state index contributed by atoms with van der Waals surface area (Å²) in [6.45, 7) is 4.64. The molecule has 19 heavy (non-hydrogen) atoms. The lowest BCUT2D eigenvalue weighted by atomic mass is 10.1. The normalized spacial score (nSPS) is 10.9. The summed E-state index contributed by atoms with van der Waals surface area (Å²) in [7, 11) is 0. The first kappa shape index (κ1) is 18.4. The van der Waals surface area contributed by atoms with Crippen molar-refractivity contribution in [1.82, 2.24) is 0 Å². The maximum atomic E-state index is 11.2. The van der Waals surface area contributed by atoms with Crippen molar-refractivity contribution >= 4 is 5.97 Å². The van der Waals surface area contributed by atoms with E-state index in [-0.39, 0.29) is 11.9 Å². The van der Waals surface area contributed by atoms with E-state index >= 15 is 0 Å². The van der Waals surface area contributed by atoms with Crippen LogP contribution in [-0.2, 0) is 9.53 Å². The summed E-state index contributed by atoms with van der Waals surface area (Å²) in [5.74, 6) is -0.0892. The molecule has 0 saturated heterocycles. The van der Waals surface area contributed by atoms with Gasteiger partial charge in [0.05, 0.1) is 12.5 Å². The minimum Gasteiger partial charge on any atom is -0.465 e. The average molecular weight is 272 g/mol. The molecule has 0 spiro atoms. The third-order valence-corrected chi connectivity index (χ3v) is 3.27. The number of aliphatic hydroxyl groups excluding tert-OH is 1. The van der Waals surface area contributed by atoms with Gasteiger partial charge in [-0.1, -0.05) is 65.2 Å². The van der Waals surface area contributed by atoms with Crippen LogP contribution in [-0.4, -0.2) is 24.3 Å². The number of carbonyl (C=O) groups is 1. The molecule has 0 amide bonds. The van der Waals surface area contributed by atoms with E-state index in [1.165, 1.54) is 38.5 Å². The fraction of sp³-hybridized carbons (Fsp3) is 0.938. The van der Waals surface area contributed by atoms with Gasteiger partial charge < -0.3 is 9.84 Å². The second-order valence-corrected chi connectivity index (χ2v) is 5.58. The number of carbonyl (C=O) groups excluding carboxylic acids is 1. The summed E-state index contributed by atoms with van der Waals surface area (Å²) < 4.78 is 5.13. The van der Waals surface area contributed by atoms with Crippen molar-refractivity contribution in [3.8, 4) is 0 Å². The van der Waals surface area contributed by atoms with E-state index in [9.17, 15) is 4.79 Å². The third-order valence-electron chi connectivity index (χ3n) is 3.27. The summed E-state index contributed by atoms with van der Waals surface area (Å²) in [5, 5.41) is 8.64. The number of hydrogen-bond donors (Lipinski definition) is 1. The molecule has 114 valence electrons. The Morgan fingerprint density at radius 1 is 0.842 bits per heavy atom. The Morgan fingerprint density at radius 2 is 1.26 bits per heavy atom. The van der Waals surface area contributed by atoms with Gasteiger partial charge in [-0.15, -0.1) is 0 Å². The van der Waals surface area contributed by atoms with Crippen LogP contribution >= 0.6 is 0 Å². The van der Waals surface area contributed by atoms with Crippen LogP contribution in [0.4, 0.5) is 0 Å². The van der Waals surface area contributed by atoms with Gasteiger partial charge in [0.1, 0.15) is 0 Å². The number of esters is 1. The smallest absolute Gasteiger partial charge is 0.308 e. The Labute approximate surface area is 118 Å². The molecule has 3 heteroatoms. The van der Waals surface area contributed by atoms with E-state index in [4.69, 9.17) is 9.84 Å². The first-order chi connectivity index (χ1) is 9.18. The van der Waals surface area contributed by atoms with Crippen molar-refractivity contribution < 1.29 is 14.6 Å². The second-order valence-electron chi connectivity index (χ2n) is 5.58. The molecule has 0 bridgehead atoms. The molecule has 0 aromatic carbocycles. The van der Waals surface area contributed by atoms with Crippen LogP contribution in [0.1, 0.15) is 78.1 Å². The largest absolute Gasteiger partial charge is 0.465 e. The average Bonchev–Trinajstić information content (AvgIpc) is 2.39. The van der Waals surface area contributed by atoms with Crippen LogP contribution in [0.15, 0.2) is 0 Å². The number of aliphatic hydroxyl groups is 1. The van der Waals surface area contributed by atoms with Crippen LogP contribution in [0.2, 0.25) is 0 Å². The molecular formula is C16H32O3. The lowest BCUT2D eigenvalue weighted by Gasteiger charge is -2.06. The zero-order valence-corrected chi connectivity index (χ0v) is 12.8. The quantitative estimate of drug-likeness (QED) is 0.406. The molecule has 0 aliphatic heterocycles. The first-order valence-electron chi connectivity index (χ1n) is 7.96. The molecule has 0 fully saturated rings. The minimum absolute atomic E-state index is 0.00849. The van der Waals surface area contributed by atoms with E-state index in [1.807, 2.05) is 13.8 Å². The van der Waals surface area contributed by atoms with E-state index in [0.717, 1.165) is 25.7 Å².